The highest BCUT2D eigenvalue weighted by Crippen LogP contribution is 2.33. The summed E-state index contributed by atoms with van der Waals surface area (Å²) in [6, 6.07) is 16.1. The molecule has 0 spiro atoms. The molecule has 0 atom stereocenters. The highest BCUT2D eigenvalue weighted by molar-refractivity contribution is 6.31. The number of nitrogens with zero attached hydrogens (tertiary/aromatic N) is 5. The molecule has 0 bridgehead atoms. The molecule has 1 aliphatic rings. The third kappa shape index (κ3) is 7.84. The summed E-state index contributed by atoms with van der Waals surface area (Å²) in [5, 5.41) is 3.22. The quantitative estimate of drug-likeness (QED) is 0.222. The number of hydrogen-bond donors (Lipinski definition) is 1. The molecule has 45 heavy (non-hydrogen) atoms. The lowest BCUT2D eigenvalue weighted by atomic mass is 10.1. The summed E-state index contributed by atoms with van der Waals surface area (Å²) in [5.41, 5.74) is 3.51. The zero-order valence-electron chi connectivity index (χ0n) is 25.5. The van der Waals surface area contributed by atoms with Crippen LogP contribution in [0, 0.1) is 20.8 Å². The summed E-state index contributed by atoms with van der Waals surface area (Å²) in [4.78, 5) is 28.3. The van der Waals surface area contributed by atoms with Crippen LogP contribution in [-0.2, 0) is 12.7 Å². The number of likely N-dealkylation sites (N-methyl/N-ethyl adjacent to an activating group) is 1. The molecule has 1 aliphatic heterocycles. The maximum Gasteiger partial charge on any atom is 0.421 e. The van der Waals surface area contributed by atoms with E-state index in [0.29, 0.717) is 5.75 Å². The number of aryl methyl sites for hydroxylation is 3. The molecule has 1 N–H and O–H groups in total. The number of piperazine rings is 1. The van der Waals surface area contributed by atoms with E-state index in [1.165, 1.54) is 12.3 Å². The number of amides is 1. The van der Waals surface area contributed by atoms with Gasteiger partial charge >= 0.3 is 12.3 Å². The molecule has 1 aromatic heterocycles. The number of aromatic nitrogens is 2. The molecule has 0 unspecified atom stereocenters. The van der Waals surface area contributed by atoms with Gasteiger partial charge in [-0.25, -0.2) is 9.78 Å². The van der Waals surface area contributed by atoms with Gasteiger partial charge in [0.15, 0.2) is 0 Å². The Morgan fingerprint density at radius 1 is 0.978 bits per heavy atom. The van der Waals surface area contributed by atoms with Crippen molar-refractivity contribution in [1.82, 2.24) is 14.9 Å². The molecule has 8 nitrogen and oxygen atoms in total. The number of alkyl halides is 3. The number of halogens is 4. The van der Waals surface area contributed by atoms with E-state index >= 15 is 0 Å². The lowest BCUT2D eigenvalue weighted by Crippen LogP contribution is -2.44. The molecule has 1 fully saturated rings. The molecule has 2 heterocycles. The van der Waals surface area contributed by atoms with E-state index in [2.05, 4.69) is 32.1 Å². The summed E-state index contributed by atoms with van der Waals surface area (Å²) >= 11 is 6.33. The van der Waals surface area contributed by atoms with E-state index in [1.807, 2.05) is 57.2 Å². The zero-order chi connectivity index (χ0) is 32.3. The molecule has 0 aliphatic carbocycles. The first kappa shape index (κ1) is 32.1. The minimum Gasteiger partial charge on any atom is -0.409 e. The van der Waals surface area contributed by atoms with E-state index in [4.69, 9.17) is 16.3 Å². The lowest BCUT2D eigenvalue weighted by Gasteiger charge is -2.34. The van der Waals surface area contributed by atoms with Gasteiger partial charge in [0.1, 0.15) is 11.6 Å². The highest BCUT2D eigenvalue weighted by Gasteiger charge is 2.32. The van der Waals surface area contributed by atoms with E-state index in [0.717, 1.165) is 77.3 Å². The van der Waals surface area contributed by atoms with Gasteiger partial charge in [-0.05, 0) is 93.0 Å². The smallest absolute Gasteiger partial charge is 0.409 e. The van der Waals surface area contributed by atoms with Gasteiger partial charge in [-0.1, -0.05) is 29.3 Å². The third-order valence-corrected chi connectivity index (χ3v) is 7.99. The second kappa shape index (κ2) is 13.3. The Hall–Kier alpha value is -4.35. The Labute approximate surface area is 265 Å². The Balaban J connectivity index is 1.43. The number of anilines is 4. The fourth-order valence-electron chi connectivity index (χ4n) is 5.26. The van der Waals surface area contributed by atoms with Gasteiger partial charge < -0.3 is 19.9 Å². The van der Waals surface area contributed by atoms with Gasteiger partial charge in [0.05, 0.1) is 12.1 Å². The maximum atomic E-state index is 13.7. The van der Waals surface area contributed by atoms with Crippen molar-refractivity contribution in [2.75, 3.05) is 48.3 Å². The molecule has 236 valence electrons. The van der Waals surface area contributed by atoms with E-state index < -0.39 is 17.8 Å². The van der Waals surface area contributed by atoms with Crippen LogP contribution in [0.5, 0.6) is 5.75 Å². The van der Waals surface area contributed by atoms with Crippen molar-refractivity contribution < 1.29 is 22.7 Å². The third-order valence-electron chi connectivity index (χ3n) is 7.63. The largest absolute Gasteiger partial charge is 0.421 e. The number of ether oxygens (including phenoxy) is 1. The zero-order valence-corrected chi connectivity index (χ0v) is 26.2. The molecular formula is C33H34ClF3N6O2. The normalized spacial score (nSPS) is 13.9. The van der Waals surface area contributed by atoms with E-state index in [9.17, 15) is 18.0 Å². The van der Waals surface area contributed by atoms with Crippen molar-refractivity contribution in [2.45, 2.75) is 33.5 Å². The number of benzene rings is 3. The standard InChI is InChI=1S/C33H34ClF3N6O2/c1-21-17-22(2)30(23(3)18-21)45-32(44)43(20-24-19-25(33(35,36)37)5-10-28(24)34)29-11-12-38-31(40-29)39-26-6-8-27(9-7-26)42-15-13-41(4)14-16-42/h5-12,17-19H,13-16,20H2,1-4H3,(H,38,39,40). The predicted octanol–water partition coefficient (Wildman–Crippen LogP) is 7.78. The minimum atomic E-state index is -4.59. The molecule has 4 aromatic rings. The van der Waals surface area contributed by atoms with Crippen LogP contribution in [0.3, 0.4) is 0 Å². The fourth-order valence-corrected chi connectivity index (χ4v) is 5.44. The van der Waals surface area contributed by atoms with Crippen LogP contribution in [0.4, 0.5) is 41.1 Å². The van der Waals surface area contributed by atoms with Gasteiger partial charge in [0.2, 0.25) is 5.95 Å². The number of hydrogen-bond acceptors (Lipinski definition) is 7. The van der Waals surface area contributed by atoms with Crippen molar-refractivity contribution in [2.24, 2.45) is 0 Å². The fraction of sp³-hybridized carbons (Fsp3) is 0.303. The lowest BCUT2D eigenvalue weighted by molar-refractivity contribution is -0.137. The summed E-state index contributed by atoms with van der Waals surface area (Å²) in [5.74, 6) is 0.663. The van der Waals surface area contributed by atoms with Crippen LogP contribution < -0.4 is 19.9 Å². The van der Waals surface area contributed by atoms with Crippen molar-refractivity contribution in [3.8, 4) is 5.75 Å². The summed E-state index contributed by atoms with van der Waals surface area (Å²) in [6.45, 7) is 9.11. The predicted molar refractivity (Wildman–Crippen MR) is 171 cm³/mol. The number of nitrogens with one attached hydrogen (secondary N) is 1. The van der Waals surface area contributed by atoms with Crippen molar-refractivity contribution in [1.29, 1.82) is 0 Å². The van der Waals surface area contributed by atoms with Crippen LogP contribution >= 0.6 is 11.6 Å². The van der Waals surface area contributed by atoms with Gasteiger partial charge in [0, 0.05) is 48.8 Å². The maximum absolute atomic E-state index is 13.7. The SMILES string of the molecule is Cc1cc(C)c(OC(=O)N(Cc2cc(C(F)(F)F)ccc2Cl)c2ccnc(Nc3ccc(N4CCN(C)CC4)cc3)n2)c(C)c1. The van der Waals surface area contributed by atoms with Crippen LogP contribution in [0.1, 0.15) is 27.8 Å². The summed E-state index contributed by atoms with van der Waals surface area (Å²) in [7, 11) is 2.11. The van der Waals surface area contributed by atoms with Crippen molar-refractivity contribution in [3.63, 3.8) is 0 Å². The Morgan fingerprint density at radius 3 is 2.29 bits per heavy atom. The molecular weight excluding hydrogens is 605 g/mol. The van der Waals surface area contributed by atoms with Crippen LogP contribution in [0.15, 0.2) is 66.9 Å². The first-order valence-electron chi connectivity index (χ1n) is 14.4. The second-order valence-electron chi connectivity index (χ2n) is 11.2. The van der Waals surface area contributed by atoms with E-state index in [1.54, 1.807) is 0 Å². The highest BCUT2D eigenvalue weighted by atomic mass is 35.5. The molecule has 12 heteroatoms. The Kier molecular flexibility index (Phi) is 9.50. The minimum absolute atomic E-state index is 0.0661. The molecule has 1 saturated heterocycles. The monoisotopic (exact) mass is 638 g/mol. The summed E-state index contributed by atoms with van der Waals surface area (Å²) < 4.78 is 46.5. The molecule has 0 saturated carbocycles. The molecule has 0 radical (unpaired) electrons. The topological polar surface area (TPSA) is 73.8 Å². The first-order chi connectivity index (χ1) is 21.4. The van der Waals surface area contributed by atoms with Gasteiger partial charge in [-0.15, -0.1) is 0 Å². The van der Waals surface area contributed by atoms with Crippen molar-refractivity contribution >= 4 is 40.8 Å². The summed E-state index contributed by atoms with van der Waals surface area (Å²) in [6.07, 6.45) is -3.97. The first-order valence-corrected chi connectivity index (χ1v) is 14.8. The second-order valence-corrected chi connectivity index (χ2v) is 11.6. The van der Waals surface area contributed by atoms with Crippen LogP contribution in [0.25, 0.3) is 0 Å². The van der Waals surface area contributed by atoms with Gasteiger partial charge in [-0.3, -0.25) is 4.90 Å². The van der Waals surface area contributed by atoms with Crippen LogP contribution in [-0.4, -0.2) is 54.2 Å². The number of carbonyl (C=O) groups excluding carboxylic acids is 1. The molecule has 1 amide bonds. The Morgan fingerprint density at radius 2 is 1.64 bits per heavy atom. The average molecular weight is 639 g/mol. The number of carbonyl (C=O) groups is 1. The Bertz CT molecular complexity index is 1650. The molecule has 3 aromatic carbocycles. The van der Waals surface area contributed by atoms with Crippen molar-refractivity contribution in [3.05, 3.63) is 99.7 Å². The van der Waals surface area contributed by atoms with Crippen LogP contribution in [0.2, 0.25) is 5.02 Å². The van der Waals surface area contributed by atoms with E-state index in [-0.39, 0.29) is 28.9 Å². The number of rotatable bonds is 7. The average Bonchev–Trinajstić information content (AvgIpc) is 2.99. The van der Waals surface area contributed by atoms with Gasteiger partial charge in [0.25, 0.3) is 0 Å². The molecule has 5 rings (SSSR count). The van der Waals surface area contributed by atoms with Gasteiger partial charge in [-0.2, -0.15) is 18.2 Å².